The Labute approximate surface area is 197 Å². The van der Waals surface area contributed by atoms with Crippen molar-refractivity contribution in [1.82, 2.24) is 19.7 Å². The van der Waals surface area contributed by atoms with Crippen LogP contribution in [0.3, 0.4) is 0 Å². The van der Waals surface area contributed by atoms with Gasteiger partial charge in [0.05, 0.1) is 15.9 Å². The van der Waals surface area contributed by atoms with Gasteiger partial charge in [0.25, 0.3) is 0 Å². The lowest BCUT2D eigenvalue weighted by Gasteiger charge is -2.14. The van der Waals surface area contributed by atoms with Crippen molar-refractivity contribution in [2.75, 3.05) is 23.5 Å². The fourth-order valence-electron chi connectivity index (χ4n) is 2.66. The number of pyridine rings is 2. The number of rotatable bonds is 8. The van der Waals surface area contributed by atoms with Crippen LogP contribution in [0.25, 0.3) is 11.3 Å². The minimum atomic E-state index is -3.65. The van der Waals surface area contributed by atoms with Crippen molar-refractivity contribution < 1.29 is 17.9 Å². The number of hydrogen-bond acceptors (Lipinski definition) is 9. The molecule has 3 aromatic rings. The van der Waals surface area contributed by atoms with Crippen molar-refractivity contribution in [1.29, 1.82) is 5.26 Å². The van der Waals surface area contributed by atoms with Crippen molar-refractivity contribution in [3.63, 3.8) is 0 Å². The van der Waals surface area contributed by atoms with E-state index in [0.717, 1.165) is 6.26 Å². The normalized spacial score (nSPS) is 10.9. The van der Waals surface area contributed by atoms with E-state index in [-0.39, 0.29) is 34.9 Å². The molecule has 0 saturated carbocycles. The number of nitriles is 1. The number of carbonyl (C=O) groups excluding carboxylic acids is 1. The molecule has 3 aromatic heterocycles. The molecule has 0 aliphatic carbocycles. The topological polar surface area (TPSA) is 152 Å². The molecule has 0 saturated heterocycles. The van der Waals surface area contributed by atoms with E-state index in [1.807, 2.05) is 12.3 Å². The molecule has 3 heterocycles. The van der Waals surface area contributed by atoms with E-state index < -0.39 is 9.84 Å². The Kier molecular flexibility index (Phi) is 7.26. The summed E-state index contributed by atoms with van der Waals surface area (Å²) < 4.78 is 31.8. The van der Waals surface area contributed by atoms with Gasteiger partial charge >= 0.3 is 0 Å². The molecule has 0 aliphatic rings. The molecule has 0 spiro atoms. The van der Waals surface area contributed by atoms with Gasteiger partial charge in [-0.2, -0.15) is 10.4 Å². The SMILES string of the molecule is CC(=O)Nc1cc(Nc2cc(OCC#N)cc(S(C)(=O)=O)n2)c(-c2ccn(CI)n2)cn1. The van der Waals surface area contributed by atoms with E-state index in [9.17, 15) is 13.2 Å². The molecule has 2 N–H and O–H groups in total. The third kappa shape index (κ3) is 5.92. The molecule has 0 bridgehead atoms. The number of carbonyl (C=O) groups is 1. The van der Waals surface area contributed by atoms with Gasteiger partial charge in [0.2, 0.25) is 5.91 Å². The van der Waals surface area contributed by atoms with Gasteiger partial charge in [-0.25, -0.2) is 18.4 Å². The van der Waals surface area contributed by atoms with Crippen LogP contribution in [-0.4, -0.2) is 46.9 Å². The summed E-state index contributed by atoms with van der Waals surface area (Å²) in [7, 11) is -3.65. The van der Waals surface area contributed by atoms with Crippen LogP contribution in [0.4, 0.5) is 17.3 Å². The lowest BCUT2D eigenvalue weighted by molar-refractivity contribution is -0.114. The number of sulfone groups is 1. The summed E-state index contributed by atoms with van der Waals surface area (Å²) >= 11 is 2.18. The van der Waals surface area contributed by atoms with Crippen LogP contribution in [-0.2, 0) is 19.2 Å². The van der Waals surface area contributed by atoms with Gasteiger partial charge in [0.15, 0.2) is 21.5 Å². The van der Waals surface area contributed by atoms with Crippen LogP contribution in [0, 0.1) is 11.3 Å². The first-order chi connectivity index (χ1) is 15.2. The molecule has 13 heteroatoms. The third-order valence-electron chi connectivity index (χ3n) is 3.97. The molecular weight excluding hydrogens is 549 g/mol. The van der Waals surface area contributed by atoms with Gasteiger partial charge in [-0.1, -0.05) is 22.6 Å². The van der Waals surface area contributed by atoms with Crippen LogP contribution in [0.5, 0.6) is 5.75 Å². The number of hydrogen-bond donors (Lipinski definition) is 2. The maximum absolute atomic E-state index is 12.1. The number of alkyl halides is 1. The highest BCUT2D eigenvalue weighted by Crippen LogP contribution is 2.32. The summed E-state index contributed by atoms with van der Waals surface area (Å²) in [6.07, 6.45) is 4.38. The molecule has 3 rings (SSSR count). The van der Waals surface area contributed by atoms with Gasteiger partial charge in [-0.05, 0) is 6.07 Å². The van der Waals surface area contributed by atoms with Crippen LogP contribution in [0.1, 0.15) is 6.92 Å². The van der Waals surface area contributed by atoms with Crippen LogP contribution >= 0.6 is 22.6 Å². The molecule has 0 atom stereocenters. The second-order valence-corrected chi connectivity index (χ2v) is 9.17. The summed E-state index contributed by atoms with van der Waals surface area (Å²) in [6.45, 7) is 1.11. The quantitative estimate of drug-likeness (QED) is 0.309. The zero-order valence-corrected chi connectivity index (χ0v) is 20.0. The standard InChI is InChI=1S/C19H18IN7O4S/c1-12(28)23-17-9-16(14(10-22-17)15-3-5-27(11-20)26-15)24-18-7-13(31-6-4-21)8-19(25-18)32(2,29)30/h3,5,7-10H,6,11H2,1-2H3,(H2,22,23,24,25,28). The number of nitrogens with one attached hydrogen (secondary N) is 2. The van der Waals surface area contributed by atoms with E-state index in [0.29, 0.717) is 21.5 Å². The third-order valence-corrected chi connectivity index (χ3v) is 5.64. The number of ether oxygens (including phenoxy) is 1. The van der Waals surface area contributed by atoms with E-state index in [1.54, 1.807) is 23.0 Å². The summed E-state index contributed by atoms with van der Waals surface area (Å²) in [5.74, 6) is 0.318. The zero-order chi connectivity index (χ0) is 23.3. The minimum absolute atomic E-state index is 0.162. The lowest BCUT2D eigenvalue weighted by atomic mass is 10.1. The average Bonchev–Trinajstić information content (AvgIpc) is 3.20. The first kappa shape index (κ1) is 23.4. The molecule has 0 fully saturated rings. The number of amides is 1. The predicted molar refractivity (Wildman–Crippen MR) is 126 cm³/mol. The Morgan fingerprint density at radius 2 is 2.09 bits per heavy atom. The van der Waals surface area contributed by atoms with Gasteiger partial charge in [0.1, 0.15) is 23.5 Å². The Morgan fingerprint density at radius 3 is 2.72 bits per heavy atom. The first-order valence-corrected chi connectivity index (χ1v) is 12.5. The van der Waals surface area contributed by atoms with Crippen LogP contribution in [0.2, 0.25) is 0 Å². The van der Waals surface area contributed by atoms with Gasteiger partial charge in [0, 0.05) is 49.3 Å². The Balaban J connectivity index is 2.09. The summed E-state index contributed by atoms with van der Waals surface area (Å²) in [5, 5.41) is 18.7. The van der Waals surface area contributed by atoms with Crippen LogP contribution in [0.15, 0.2) is 41.7 Å². The summed E-state index contributed by atoms with van der Waals surface area (Å²) in [6, 6.07) is 7.95. The van der Waals surface area contributed by atoms with E-state index in [2.05, 4.69) is 48.3 Å². The number of halogens is 1. The van der Waals surface area contributed by atoms with Gasteiger partial charge < -0.3 is 15.4 Å². The maximum atomic E-state index is 12.1. The fraction of sp³-hybridized carbons (Fsp3) is 0.211. The van der Waals surface area contributed by atoms with Crippen LogP contribution < -0.4 is 15.4 Å². The molecule has 1 amide bonds. The Bertz CT molecular complexity index is 1300. The number of nitrogens with zero attached hydrogens (tertiary/aromatic N) is 5. The molecule has 0 radical (unpaired) electrons. The monoisotopic (exact) mass is 567 g/mol. The smallest absolute Gasteiger partial charge is 0.222 e. The molecule has 11 nitrogen and oxygen atoms in total. The second kappa shape index (κ2) is 9.92. The molecule has 0 unspecified atom stereocenters. The highest BCUT2D eigenvalue weighted by atomic mass is 127. The van der Waals surface area contributed by atoms with Crippen molar-refractivity contribution in [3.8, 4) is 23.1 Å². The number of aromatic nitrogens is 4. The van der Waals surface area contributed by atoms with Gasteiger partial charge in [-0.15, -0.1) is 0 Å². The summed E-state index contributed by atoms with van der Waals surface area (Å²) in [5.41, 5.74) is 1.70. The molecule has 32 heavy (non-hydrogen) atoms. The summed E-state index contributed by atoms with van der Waals surface area (Å²) in [4.78, 5) is 19.9. The van der Waals surface area contributed by atoms with E-state index in [4.69, 9.17) is 10.00 Å². The molecule has 166 valence electrons. The molecule has 0 aliphatic heterocycles. The highest BCUT2D eigenvalue weighted by molar-refractivity contribution is 14.1. The Morgan fingerprint density at radius 1 is 1.31 bits per heavy atom. The minimum Gasteiger partial charge on any atom is -0.479 e. The van der Waals surface area contributed by atoms with E-state index >= 15 is 0 Å². The average molecular weight is 567 g/mol. The van der Waals surface area contributed by atoms with Gasteiger partial charge in [-0.3, -0.25) is 9.48 Å². The number of anilines is 3. The lowest BCUT2D eigenvalue weighted by Crippen LogP contribution is -2.09. The second-order valence-electron chi connectivity index (χ2n) is 6.53. The Hall–Kier alpha value is -3.25. The van der Waals surface area contributed by atoms with Crippen molar-refractivity contribution in [3.05, 3.63) is 36.7 Å². The molecule has 0 aromatic carbocycles. The van der Waals surface area contributed by atoms with Crippen molar-refractivity contribution >= 4 is 55.7 Å². The predicted octanol–water partition coefficient (Wildman–Crippen LogP) is 2.74. The van der Waals surface area contributed by atoms with Crippen molar-refractivity contribution in [2.45, 2.75) is 16.5 Å². The molecular formula is C19H18IN7O4S. The maximum Gasteiger partial charge on any atom is 0.222 e. The van der Waals surface area contributed by atoms with Crippen molar-refractivity contribution in [2.24, 2.45) is 0 Å². The van der Waals surface area contributed by atoms with E-state index in [1.165, 1.54) is 19.1 Å². The highest BCUT2D eigenvalue weighted by Gasteiger charge is 2.16. The first-order valence-electron chi connectivity index (χ1n) is 9.06. The fourth-order valence-corrected chi connectivity index (χ4v) is 3.63. The zero-order valence-electron chi connectivity index (χ0n) is 17.0. The largest absolute Gasteiger partial charge is 0.479 e.